The summed E-state index contributed by atoms with van der Waals surface area (Å²) in [7, 11) is 0. The Morgan fingerprint density at radius 1 is 1.16 bits per heavy atom. The molecule has 0 aromatic carbocycles. The first-order valence-corrected chi connectivity index (χ1v) is 7.33. The number of hydrogen-bond donors (Lipinski definition) is 2. The fraction of sp³-hybridized carbons (Fsp3) is 0.857. The zero-order valence-corrected chi connectivity index (χ0v) is 11.9. The first-order chi connectivity index (χ1) is 8.99. The largest absolute Gasteiger partial charge is 0.353 e. The highest BCUT2D eigenvalue weighted by Crippen LogP contribution is 2.29. The summed E-state index contributed by atoms with van der Waals surface area (Å²) in [6.07, 6.45) is 3.75. The average Bonchev–Trinajstić information content (AvgIpc) is 3.22. The number of rotatable bonds is 4. The quantitative estimate of drug-likeness (QED) is 0.778. The number of amides is 2. The van der Waals surface area contributed by atoms with Gasteiger partial charge >= 0.3 is 0 Å². The Labute approximate surface area is 114 Å². The number of carbonyl (C=O) groups excluding carboxylic acids is 2. The van der Waals surface area contributed by atoms with Crippen molar-refractivity contribution in [1.29, 1.82) is 0 Å². The Morgan fingerprint density at radius 2 is 1.74 bits per heavy atom. The van der Waals surface area contributed by atoms with Gasteiger partial charge in [-0.3, -0.25) is 9.59 Å². The highest BCUT2D eigenvalue weighted by molar-refractivity contribution is 5.82. The summed E-state index contributed by atoms with van der Waals surface area (Å²) in [5.74, 6) is 0.666. The van der Waals surface area contributed by atoms with Crippen LogP contribution in [-0.2, 0) is 9.59 Å². The molecule has 2 rings (SSSR count). The Hall–Kier alpha value is -1.10. The van der Waals surface area contributed by atoms with Crippen LogP contribution in [0, 0.1) is 11.8 Å². The lowest BCUT2D eigenvalue weighted by Crippen LogP contribution is -2.52. The maximum Gasteiger partial charge on any atom is 0.239 e. The van der Waals surface area contributed by atoms with Crippen LogP contribution in [0.1, 0.15) is 39.5 Å². The lowest BCUT2D eigenvalue weighted by molar-refractivity contribution is -0.134. The molecule has 2 amide bonds. The Balaban J connectivity index is 1.75. The maximum absolute atomic E-state index is 12.1. The monoisotopic (exact) mass is 267 g/mol. The summed E-state index contributed by atoms with van der Waals surface area (Å²) < 4.78 is 0. The van der Waals surface area contributed by atoms with Gasteiger partial charge in [0, 0.05) is 25.0 Å². The molecule has 108 valence electrons. The van der Waals surface area contributed by atoms with Gasteiger partial charge in [0.2, 0.25) is 11.8 Å². The summed E-state index contributed by atoms with van der Waals surface area (Å²) >= 11 is 0. The number of nitrogens with one attached hydrogen (secondary N) is 1. The number of carbonyl (C=O) groups is 2. The molecular formula is C14H25N3O2. The second-order valence-corrected chi connectivity index (χ2v) is 6.15. The average molecular weight is 267 g/mol. The van der Waals surface area contributed by atoms with Gasteiger partial charge in [-0.25, -0.2) is 0 Å². The molecule has 2 aliphatic rings. The van der Waals surface area contributed by atoms with E-state index >= 15 is 0 Å². The van der Waals surface area contributed by atoms with E-state index in [2.05, 4.69) is 5.32 Å². The molecule has 0 radical (unpaired) electrons. The van der Waals surface area contributed by atoms with Crippen LogP contribution in [0.15, 0.2) is 0 Å². The Morgan fingerprint density at radius 3 is 2.21 bits per heavy atom. The fourth-order valence-corrected chi connectivity index (χ4v) is 2.40. The molecule has 1 atom stereocenters. The summed E-state index contributed by atoms with van der Waals surface area (Å²) in [4.78, 5) is 25.6. The van der Waals surface area contributed by atoms with Crippen LogP contribution in [0.2, 0.25) is 0 Å². The third-order valence-electron chi connectivity index (χ3n) is 4.10. The van der Waals surface area contributed by atoms with Gasteiger partial charge < -0.3 is 16.0 Å². The van der Waals surface area contributed by atoms with E-state index in [1.807, 2.05) is 18.7 Å². The predicted molar refractivity (Wildman–Crippen MR) is 73.3 cm³/mol. The topological polar surface area (TPSA) is 75.4 Å². The number of hydrogen-bond acceptors (Lipinski definition) is 3. The zero-order chi connectivity index (χ0) is 14.0. The molecule has 0 bridgehead atoms. The molecule has 2 fully saturated rings. The van der Waals surface area contributed by atoms with E-state index in [0.29, 0.717) is 13.1 Å². The predicted octanol–water partition coefficient (Wildman–Crippen LogP) is 0.487. The molecule has 0 aromatic rings. The van der Waals surface area contributed by atoms with Crippen molar-refractivity contribution in [2.75, 3.05) is 13.1 Å². The van der Waals surface area contributed by atoms with E-state index in [1.165, 1.54) is 0 Å². The summed E-state index contributed by atoms with van der Waals surface area (Å²) in [5.41, 5.74) is 5.89. The lowest BCUT2D eigenvalue weighted by Gasteiger charge is -2.34. The van der Waals surface area contributed by atoms with E-state index in [-0.39, 0.29) is 29.7 Å². The highest BCUT2D eigenvalue weighted by Gasteiger charge is 2.33. The first kappa shape index (κ1) is 14.3. The Kier molecular flexibility index (Phi) is 4.45. The van der Waals surface area contributed by atoms with Crippen molar-refractivity contribution in [2.24, 2.45) is 17.6 Å². The van der Waals surface area contributed by atoms with E-state index in [1.54, 1.807) is 0 Å². The highest BCUT2D eigenvalue weighted by atomic mass is 16.2. The molecule has 3 N–H and O–H groups in total. The number of likely N-dealkylation sites (tertiary alicyclic amines) is 1. The molecule has 19 heavy (non-hydrogen) atoms. The minimum Gasteiger partial charge on any atom is -0.353 e. The maximum atomic E-state index is 12.1. The van der Waals surface area contributed by atoms with Gasteiger partial charge in [-0.1, -0.05) is 13.8 Å². The van der Waals surface area contributed by atoms with Crippen LogP contribution in [-0.4, -0.2) is 41.9 Å². The van der Waals surface area contributed by atoms with Gasteiger partial charge in [-0.15, -0.1) is 0 Å². The molecule has 1 aliphatic heterocycles. The SMILES string of the molecule is CC(C)[C@@H](N)C(=O)N1CCC(NC(=O)C2CC2)CC1. The van der Waals surface area contributed by atoms with Gasteiger partial charge in [0.05, 0.1) is 6.04 Å². The van der Waals surface area contributed by atoms with Crippen molar-refractivity contribution in [1.82, 2.24) is 10.2 Å². The first-order valence-electron chi connectivity index (χ1n) is 7.33. The summed E-state index contributed by atoms with van der Waals surface area (Å²) in [5, 5.41) is 3.08. The van der Waals surface area contributed by atoms with Crippen LogP contribution >= 0.6 is 0 Å². The molecule has 5 heteroatoms. The van der Waals surface area contributed by atoms with Crippen molar-refractivity contribution in [3.05, 3.63) is 0 Å². The minimum atomic E-state index is -0.405. The molecule has 1 saturated carbocycles. The van der Waals surface area contributed by atoms with E-state index in [4.69, 9.17) is 5.73 Å². The van der Waals surface area contributed by atoms with Crippen LogP contribution < -0.4 is 11.1 Å². The third kappa shape index (κ3) is 3.69. The molecule has 0 aromatic heterocycles. The van der Waals surface area contributed by atoms with E-state index < -0.39 is 6.04 Å². The van der Waals surface area contributed by atoms with Gasteiger partial charge in [0.25, 0.3) is 0 Å². The number of piperidine rings is 1. The van der Waals surface area contributed by atoms with Crippen LogP contribution in [0.3, 0.4) is 0 Å². The van der Waals surface area contributed by atoms with E-state index in [0.717, 1.165) is 25.7 Å². The molecule has 1 saturated heterocycles. The Bertz CT molecular complexity index is 345. The van der Waals surface area contributed by atoms with Crippen LogP contribution in [0.25, 0.3) is 0 Å². The van der Waals surface area contributed by atoms with Crippen molar-refractivity contribution >= 4 is 11.8 Å². The molecule has 5 nitrogen and oxygen atoms in total. The second-order valence-electron chi connectivity index (χ2n) is 6.15. The van der Waals surface area contributed by atoms with Crippen molar-refractivity contribution in [3.8, 4) is 0 Å². The molecule has 0 spiro atoms. The zero-order valence-electron chi connectivity index (χ0n) is 11.9. The number of nitrogens with two attached hydrogens (primary N) is 1. The van der Waals surface area contributed by atoms with Crippen LogP contribution in [0.4, 0.5) is 0 Å². The smallest absolute Gasteiger partial charge is 0.239 e. The van der Waals surface area contributed by atoms with E-state index in [9.17, 15) is 9.59 Å². The third-order valence-corrected chi connectivity index (χ3v) is 4.10. The molecule has 1 aliphatic carbocycles. The molecule has 1 heterocycles. The van der Waals surface area contributed by atoms with Crippen molar-refractivity contribution in [2.45, 2.75) is 51.6 Å². The molecule has 0 unspecified atom stereocenters. The second kappa shape index (κ2) is 5.90. The summed E-state index contributed by atoms with van der Waals surface area (Å²) in [6, 6.07) is -0.176. The van der Waals surface area contributed by atoms with Gasteiger partial charge in [-0.05, 0) is 31.6 Å². The summed E-state index contributed by atoms with van der Waals surface area (Å²) in [6.45, 7) is 5.33. The van der Waals surface area contributed by atoms with Gasteiger partial charge in [0.1, 0.15) is 0 Å². The van der Waals surface area contributed by atoms with Crippen molar-refractivity contribution < 1.29 is 9.59 Å². The van der Waals surface area contributed by atoms with Gasteiger partial charge in [0.15, 0.2) is 0 Å². The normalized spacial score (nSPS) is 22.4. The lowest BCUT2D eigenvalue weighted by atomic mass is 10.0. The number of nitrogens with zero attached hydrogens (tertiary/aromatic N) is 1. The fourth-order valence-electron chi connectivity index (χ4n) is 2.40. The van der Waals surface area contributed by atoms with Gasteiger partial charge in [-0.2, -0.15) is 0 Å². The minimum absolute atomic E-state index is 0.0435. The van der Waals surface area contributed by atoms with Crippen LogP contribution in [0.5, 0.6) is 0 Å². The van der Waals surface area contributed by atoms with Crippen molar-refractivity contribution in [3.63, 3.8) is 0 Å². The molecular weight excluding hydrogens is 242 g/mol. The standard InChI is InChI=1S/C14H25N3O2/c1-9(2)12(15)14(19)17-7-5-11(6-8-17)16-13(18)10-3-4-10/h9-12H,3-8,15H2,1-2H3,(H,16,18)/t12-/m1/s1.